The fraction of sp³-hybridized carbons (Fsp3) is 0.429. The maximum Gasteiger partial charge on any atom is 0.223 e. The van der Waals surface area contributed by atoms with Crippen LogP contribution in [0.25, 0.3) is 0 Å². The van der Waals surface area contributed by atoms with Crippen molar-refractivity contribution in [3.63, 3.8) is 0 Å². The topological polar surface area (TPSA) is 37.8 Å². The molecule has 0 aromatic carbocycles. The van der Waals surface area contributed by atoms with Crippen LogP contribution >= 0.6 is 23.4 Å². The van der Waals surface area contributed by atoms with Crippen LogP contribution < -0.4 is 5.32 Å². The molecule has 0 atom stereocenters. The monoisotopic (exact) mass is 203 g/mol. The van der Waals surface area contributed by atoms with Gasteiger partial charge in [0.05, 0.1) is 11.2 Å². The number of hydrogen-bond acceptors (Lipinski definition) is 4. The lowest BCUT2D eigenvalue weighted by atomic mass is 10.6. The number of anilines is 1. The molecule has 1 rings (SSSR count). The highest BCUT2D eigenvalue weighted by Gasteiger charge is 2.03. The zero-order valence-corrected chi connectivity index (χ0v) is 8.54. The molecule has 0 amide bonds. The maximum atomic E-state index is 5.86. The summed E-state index contributed by atoms with van der Waals surface area (Å²) >= 11 is 7.47. The van der Waals surface area contributed by atoms with Crippen molar-refractivity contribution in [2.24, 2.45) is 0 Å². The molecule has 1 N–H and O–H groups in total. The van der Waals surface area contributed by atoms with Gasteiger partial charge in [0.1, 0.15) is 5.03 Å². The zero-order chi connectivity index (χ0) is 8.97. The Morgan fingerprint density at radius 2 is 2.42 bits per heavy atom. The molecule has 5 heteroatoms. The second-order valence-electron chi connectivity index (χ2n) is 2.03. The minimum Gasteiger partial charge on any atom is -0.357 e. The van der Waals surface area contributed by atoms with Gasteiger partial charge in [-0.15, -0.1) is 11.8 Å². The van der Waals surface area contributed by atoms with E-state index in [-0.39, 0.29) is 0 Å². The van der Waals surface area contributed by atoms with Crippen LogP contribution in [0.15, 0.2) is 11.2 Å². The van der Waals surface area contributed by atoms with Gasteiger partial charge in [-0.25, -0.2) is 9.97 Å². The third kappa shape index (κ3) is 2.25. The number of aromatic nitrogens is 2. The van der Waals surface area contributed by atoms with Crippen molar-refractivity contribution in [2.45, 2.75) is 11.9 Å². The molecule has 1 aromatic heterocycles. The van der Waals surface area contributed by atoms with Gasteiger partial charge in [0, 0.05) is 7.05 Å². The first-order valence-electron chi connectivity index (χ1n) is 3.61. The molecule has 0 aliphatic rings. The summed E-state index contributed by atoms with van der Waals surface area (Å²) in [5.41, 5.74) is 0. The Bertz CT molecular complexity index is 267. The molecule has 0 spiro atoms. The third-order valence-electron chi connectivity index (χ3n) is 1.22. The number of hydrogen-bond donors (Lipinski definition) is 1. The predicted octanol–water partition coefficient (Wildman–Crippen LogP) is 2.28. The second kappa shape index (κ2) is 4.52. The molecule has 0 fully saturated rings. The summed E-state index contributed by atoms with van der Waals surface area (Å²) in [6.45, 7) is 2.06. The molecule has 0 aliphatic heterocycles. The standard InChI is InChI=1S/C7H10ClN3S/c1-3-12-6-5(8)4-10-7(9-2)11-6/h4H,3H2,1-2H3,(H,9,10,11). The summed E-state index contributed by atoms with van der Waals surface area (Å²) < 4.78 is 0. The van der Waals surface area contributed by atoms with Gasteiger partial charge in [0.15, 0.2) is 0 Å². The third-order valence-corrected chi connectivity index (χ3v) is 2.48. The average Bonchev–Trinajstić information content (AvgIpc) is 2.09. The Morgan fingerprint density at radius 3 is 3.00 bits per heavy atom. The van der Waals surface area contributed by atoms with E-state index in [9.17, 15) is 0 Å². The minimum absolute atomic E-state index is 0.607. The van der Waals surface area contributed by atoms with Crippen LogP contribution in [0.3, 0.4) is 0 Å². The zero-order valence-electron chi connectivity index (χ0n) is 6.97. The van der Waals surface area contributed by atoms with Gasteiger partial charge in [-0.2, -0.15) is 0 Å². The molecule has 0 radical (unpaired) electrons. The summed E-state index contributed by atoms with van der Waals surface area (Å²) in [5.74, 6) is 1.57. The van der Waals surface area contributed by atoms with Gasteiger partial charge < -0.3 is 5.32 Å². The Morgan fingerprint density at radius 1 is 1.67 bits per heavy atom. The lowest BCUT2D eigenvalue weighted by molar-refractivity contribution is 1.05. The molecular weight excluding hydrogens is 194 g/mol. The minimum atomic E-state index is 0.607. The quantitative estimate of drug-likeness (QED) is 0.604. The van der Waals surface area contributed by atoms with E-state index < -0.39 is 0 Å². The van der Waals surface area contributed by atoms with Crippen molar-refractivity contribution in [1.82, 2.24) is 9.97 Å². The van der Waals surface area contributed by atoms with Crippen molar-refractivity contribution in [3.05, 3.63) is 11.2 Å². The van der Waals surface area contributed by atoms with Crippen LogP contribution in [0.5, 0.6) is 0 Å². The van der Waals surface area contributed by atoms with E-state index in [4.69, 9.17) is 11.6 Å². The van der Waals surface area contributed by atoms with Crippen LogP contribution in [-0.2, 0) is 0 Å². The fourth-order valence-electron chi connectivity index (χ4n) is 0.710. The van der Waals surface area contributed by atoms with Gasteiger partial charge in [-0.1, -0.05) is 18.5 Å². The molecule has 0 saturated carbocycles. The van der Waals surface area contributed by atoms with E-state index in [1.165, 1.54) is 0 Å². The highest BCUT2D eigenvalue weighted by molar-refractivity contribution is 7.99. The van der Waals surface area contributed by atoms with Crippen LogP contribution in [0.2, 0.25) is 5.02 Å². The molecule has 0 saturated heterocycles. The van der Waals surface area contributed by atoms with Crippen LogP contribution in [0.1, 0.15) is 6.92 Å². The number of nitrogens with one attached hydrogen (secondary N) is 1. The highest BCUT2D eigenvalue weighted by Crippen LogP contribution is 2.24. The van der Waals surface area contributed by atoms with Crippen LogP contribution in [0, 0.1) is 0 Å². The Labute approximate surface area is 80.9 Å². The van der Waals surface area contributed by atoms with Gasteiger partial charge in [-0.3, -0.25) is 0 Å². The molecule has 0 bridgehead atoms. The first kappa shape index (κ1) is 9.61. The highest BCUT2D eigenvalue weighted by atomic mass is 35.5. The summed E-state index contributed by atoms with van der Waals surface area (Å²) in [6.07, 6.45) is 1.61. The van der Waals surface area contributed by atoms with Gasteiger partial charge >= 0.3 is 0 Å². The molecule has 1 aromatic rings. The summed E-state index contributed by atoms with van der Waals surface area (Å²) in [5, 5.41) is 4.30. The number of thioether (sulfide) groups is 1. The smallest absolute Gasteiger partial charge is 0.223 e. The molecule has 3 nitrogen and oxygen atoms in total. The Hall–Kier alpha value is -0.480. The molecule has 0 unspecified atom stereocenters. The number of nitrogens with zero attached hydrogens (tertiary/aromatic N) is 2. The van der Waals surface area contributed by atoms with E-state index in [1.54, 1.807) is 25.0 Å². The molecule has 12 heavy (non-hydrogen) atoms. The van der Waals surface area contributed by atoms with Crippen LogP contribution in [-0.4, -0.2) is 22.8 Å². The van der Waals surface area contributed by atoms with Crippen LogP contribution in [0.4, 0.5) is 5.95 Å². The maximum absolute atomic E-state index is 5.86. The van der Waals surface area contributed by atoms with Gasteiger partial charge in [0.25, 0.3) is 0 Å². The van der Waals surface area contributed by atoms with E-state index in [0.717, 1.165) is 10.8 Å². The van der Waals surface area contributed by atoms with Crippen molar-refractivity contribution in [2.75, 3.05) is 18.1 Å². The molecule has 66 valence electrons. The molecular formula is C7H10ClN3S. The first-order valence-corrected chi connectivity index (χ1v) is 4.97. The largest absolute Gasteiger partial charge is 0.357 e. The van der Waals surface area contributed by atoms with Gasteiger partial charge in [0.2, 0.25) is 5.95 Å². The Kier molecular flexibility index (Phi) is 3.62. The second-order valence-corrected chi connectivity index (χ2v) is 3.69. The normalized spacial score (nSPS) is 9.92. The number of halogens is 1. The van der Waals surface area contributed by atoms with Crippen molar-refractivity contribution >= 4 is 29.3 Å². The summed E-state index contributed by atoms with van der Waals surface area (Å²) in [6, 6.07) is 0. The first-order chi connectivity index (χ1) is 5.77. The van der Waals surface area contributed by atoms with Crippen molar-refractivity contribution in [1.29, 1.82) is 0 Å². The van der Waals surface area contributed by atoms with Crippen molar-refractivity contribution < 1.29 is 0 Å². The molecule has 0 aliphatic carbocycles. The number of rotatable bonds is 3. The van der Waals surface area contributed by atoms with E-state index in [1.807, 2.05) is 0 Å². The lowest BCUT2D eigenvalue weighted by Crippen LogP contribution is -1.96. The van der Waals surface area contributed by atoms with E-state index in [0.29, 0.717) is 11.0 Å². The predicted molar refractivity (Wildman–Crippen MR) is 53.0 cm³/mol. The lowest BCUT2D eigenvalue weighted by Gasteiger charge is -2.02. The average molecular weight is 204 g/mol. The van der Waals surface area contributed by atoms with E-state index >= 15 is 0 Å². The molecule has 1 heterocycles. The Balaban J connectivity index is 2.91. The SMILES string of the molecule is CCSc1nc(NC)ncc1Cl. The summed E-state index contributed by atoms with van der Waals surface area (Å²) in [7, 11) is 1.78. The van der Waals surface area contributed by atoms with Gasteiger partial charge in [-0.05, 0) is 5.75 Å². The van der Waals surface area contributed by atoms with E-state index in [2.05, 4.69) is 22.2 Å². The van der Waals surface area contributed by atoms with Crippen molar-refractivity contribution in [3.8, 4) is 0 Å². The summed E-state index contributed by atoms with van der Waals surface area (Å²) in [4.78, 5) is 8.16. The fourth-order valence-corrected chi connectivity index (χ4v) is 1.58.